The molecule has 1 aromatic carbocycles. The Kier molecular flexibility index (Phi) is 7.01. The maximum absolute atomic E-state index is 12.0. The molecule has 2 unspecified atom stereocenters. The summed E-state index contributed by atoms with van der Waals surface area (Å²) in [5, 5.41) is 7.37. The van der Waals surface area contributed by atoms with E-state index in [2.05, 4.69) is 26.6 Å². The zero-order chi connectivity index (χ0) is 15.5. The van der Waals surface area contributed by atoms with Crippen molar-refractivity contribution in [3.05, 3.63) is 27.7 Å². The van der Waals surface area contributed by atoms with Crippen molar-refractivity contribution >= 4 is 45.8 Å². The lowest BCUT2D eigenvalue weighted by Gasteiger charge is -2.29. The Morgan fingerprint density at radius 2 is 2.04 bits per heavy atom. The van der Waals surface area contributed by atoms with E-state index in [-0.39, 0.29) is 18.3 Å². The summed E-state index contributed by atoms with van der Waals surface area (Å²) < 4.78 is 6.43. The van der Waals surface area contributed by atoms with Gasteiger partial charge in [0.2, 0.25) is 5.91 Å². The highest BCUT2D eigenvalue weighted by Crippen LogP contribution is 2.28. The van der Waals surface area contributed by atoms with Gasteiger partial charge in [-0.15, -0.1) is 12.4 Å². The van der Waals surface area contributed by atoms with Gasteiger partial charge in [0.1, 0.15) is 5.75 Å². The molecular weight excluding hydrogens is 403 g/mol. The number of carbonyl (C=O) groups excluding carboxylic acids is 1. The van der Waals surface area contributed by atoms with Crippen molar-refractivity contribution in [3.63, 3.8) is 0 Å². The van der Waals surface area contributed by atoms with E-state index in [0.29, 0.717) is 41.9 Å². The first-order valence-corrected chi connectivity index (χ1v) is 8.90. The van der Waals surface area contributed by atoms with Crippen LogP contribution in [0.15, 0.2) is 22.7 Å². The average Bonchev–Trinajstić information content (AvgIpc) is 2.80. The SMILES string of the molecule is Cl.O=C(CCOc1ccc(Cl)cc1Br)NC1CC2CCC(C1)N2. The van der Waals surface area contributed by atoms with Crippen molar-refractivity contribution in [2.45, 2.75) is 50.2 Å². The Morgan fingerprint density at radius 1 is 1.35 bits per heavy atom. The van der Waals surface area contributed by atoms with Gasteiger partial charge >= 0.3 is 0 Å². The van der Waals surface area contributed by atoms with Crippen LogP contribution in [0.4, 0.5) is 0 Å². The molecule has 0 spiro atoms. The van der Waals surface area contributed by atoms with Gasteiger partial charge in [0.25, 0.3) is 0 Å². The predicted molar refractivity (Wildman–Crippen MR) is 97.6 cm³/mol. The van der Waals surface area contributed by atoms with Crippen LogP contribution in [0.1, 0.15) is 32.1 Å². The van der Waals surface area contributed by atoms with E-state index in [1.807, 2.05) is 0 Å². The second kappa shape index (κ2) is 8.56. The van der Waals surface area contributed by atoms with Crippen LogP contribution in [-0.2, 0) is 4.79 Å². The van der Waals surface area contributed by atoms with Gasteiger partial charge in [0, 0.05) is 23.1 Å². The van der Waals surface area contributed by atoms with E-state index < -0.39 is 0 Å². The van der Waals surface area contributed by atoms with Crippen LogP contribution in [0.3, 0.4) is 0 Å². The molecular formula is C16H21BrCl2N2O2. The number of nitrogens with one attached hydrogen (secondary N) is 2. The van der Waals surface area contributed by atoms with Crippen molar-refractivity contribution in [3.8, 4) is 5.75 Å². The largest absolute Gasteiger partial charge is 0.492 e. The molecule has 3 rings (SSSR count). The molecule has 128 valence electrons. The Morgan fingerprint density at radius 3 is 2.70 bits per heavy atom. The molecule has 2 aliphatic heterocycles. The summed E-state index contributed by atoms with van der Waals surface area (Å²) in [7, 11) is 0. The summed E-state index contributed by atoms with van der Waals surface area (Å²) in [6, 6.07) is 6.84. The Hall–Kier alpha value is -0.490. The molecule has 2 saturated heterocycles. The minimum Gasteiger partial charge on any atom is -0.492 e. The first-order valence-electron chi connectivity index (χ1n) is 7.73. The molecule has 1 amide bonds. The third-order valence-corrected chi connectivity index (χ3v) is 5.17. The zero-order valence-corrected chi connectivity index (χ0v) is 15.8. The van der Waals surface area contributed by atoms with Crippen LogP contribution < -0.4 is 15.4 Å². The monoisotopic (exact) mass is 422 g/mol. The summed E-state index contributed by atoms with van der Waals surface area (Å²) in [6.07, 6.45) is 4.95. The normalized spacial score (nSPS) is 25.6. The highest BCUT2D eigenvalue weighted by Gasteiger charge is 2.33. The number of carbonyl (C=O) groups is 1. The molecule has 4 nitrogen and oxygen atoms in total. The van der Waals surface area contributed by atoms with Crippen LogP contribution in [-0.4, -0.2) is 30.6 Å². The van der Waals surface area contributed by atoms with Gasteiger partial charge in [0.05, 0.1) is 17.5 Å². The lowest BCUT2D eigenvalue weighted by molar-refractivity contribution is -0.122. The van der Waals surface area contributed by atoms with E-state index in [9.17, 15) is 4.79 Å². The van der Waals surface area contributed by atoms with Gasteiger partial charge in [-0.05, 0) is 59.8 Å². The van der Waals surface area contributed by atoms with E-state index in [4.69, 9.17) is 16.3 Å². The van der Waals surface area contributed by atoms with Crippen molar-refractivity contribution in [2.24, 2.45) is 0 Å². The van der Waals surface area contributed by atoms with Crippen molar-refractivity contribution in [1.82, 2.24) is 10.6 Å². The first-order chi connectivity index (χ1) is 10.6. The number of rotatable bonds is 5. The highest BCUT2D eigenvalue weighted by atomic mass is 79.9. The number of piperidine rings is 1. The standard InChI is InChI=1S/C16H20BrClN2O2.ClH/c17-14-7-10(18)1-4-15(14)22-6-5-16(21)20-13-8-11-2-3-12(9-13)19-11;/h1,4,7,11-13,19H,2-3,5-6,8-9H2,(H,20,21);1H. The number of hydrogen-bond acceptors (Lipinski definition) is 3. The molecule has 2 aliphatic rings. The summed E-state index contributed by atoms with van der Waals surface area (Å²) in [5.41, 5.74) is 0. The maximum atomic E-state index is 12.0. The second-order valence-electron chi connectivity index (χ2n) is 6.05. The Bertz CT molecular complexity index is 547. The van der Waals surface area contributed by atoms with Crippen LogP contribution in [0, 0.1) is 0 Å². The minimum absolute atomic E-state index is 0. The number of hydrogen-bond donors (Lipinski definition) is 2. The number of amides is 1. The van der Waals surface area contributed by atoms with Crippen LogP contribution in [0.5, 0.6) is 5.75 Å². The molecule has 23 heavy (non-hydrogen) atoms. The number of halogens is 3. The molecule has 7 heteroatoms. The lowest BCUT2D eigenvalue weighted by Crippen LogP contribution is -2.48. The van der Waals surface area contributed by atoms with Gasteiger partial charge < -0.3 is 15.4 Å². The van der Waals surface area contributed by atoms with Crippen LogP contribution >= 0.6 is 39.9 Å². The molecule has 2 N–H and O–H groups in total. The predicted octanol–water partition coefficient (Wildman–Crippen LogP) is 3.69. The third kappa shape index (κ3) is 5.24. The van der Waals surface area contributed by atoms with E-state index >= 15 is 0 Å². The Labute approximate surface area is 156 Å². The van der Waals surface area contributed by atoms with Crippen molar-refractivity contribution in [2.75, 3.05) is 6.61 Å². The fraction of sp³-hybridized carbons (Fsp3) is 0.562. The first kappa shape index (κ1) is 18.8. The lowest BCUT2D eigenvalue weighted by atomic mass is 10.00. The third-order valence-electron chi connectivity index (χ3n) is 4.32. The molecule has 2 atom stereocenters. The van der Waals surface area contributed by atoms with Gasteiger partial charge in [-0.2, -0.15) is 0 Å². The molecule has 2 fully saturated rings. The maximum Gasteiger partial charge on any atom is 0.223 e. The average molecular weight is 424 g/mol. The number of benzene rings is 1. The van der Waals surface area contributed by atoms with Gasteiger partial charge in [0.15, 0.2) is 0 Å². The Balaban J connectivity index is 0.00000192. The highest BCUT2D eigenvalue weighted by molar-refractivity contribution is 9.10. The molecule has 1 aromatic rings. The molecule has 2 bridgehead atoms. The van der Waals surface area contributed by atoms with E-state index in [0.717, 1.165) is 17.3 Å². The molecule has 0 saturated carbocycles. The summed E-state index contributed by atoms with van der Waals surface area (Å²) in [4.78, 5) is 12.0. The smallest absolute Gasteiger partial charge is 0.223 e. The zero-order valence-electron chi connectivity index (χ0n) is 12.7. The van der Waals surface area contributed by atoms with Crippen molar-refractivity contribution in [1.29, 1.82) is 0 Å². The van der Waals surface area contributed by atoms with Gasteiger partial charge in [-0.25, -0.2) is 0 Å². The van der Waals surface area contributed by atoms with Crippen LogP contribution in [0.2, 0.25) is 5.02 Å². The topological polar surface area (TPSA) is 50.4 Å². The van der Waals surface area contributed by atoms with Crippen molar-refractivity contribution < 1.29 is 9.53 Å². The second-order valence-corrected chi connectivity index (χ2v) is 7.34. The molecule has 0 aromatic heterocycles. The van der Waals surface area contributed by atoms with Gasteiger partial charge in [-0.1, -0.05) is 11.6 Å². The summed E-state index contributed by atoms with van der Waals surface area (Å²) in [6.45, 7) is 0.365. The van der Waals surface area contributed by atoms with E-state index in [1.165, 1.54) is 12.8 Å². The summed E-state index contributed by atoms with van der Waals surface area (Å²) >= 11 is 9.28. The number of fused-ring (bicyclic) bond motifs is 2. The molecule has 0 radical (unpaired) electrons. The molecule has 0 aliphatic carbocycles. The molecule has 2 heterocycles. The fourth-order valence-corrected chi connectivity index (χ4v) is 4.12. The summed E-state index contributed by atoms with van der Waals surface area (Å²) in [5.74, 6) is 0.772. The van der Waals surface area contributed by atoms with Crippen LogP contribution in [0.25, 0.3) is 0 Å². The minimum atomic E-state index is 0. The number of ether oxygens (including phenoxy) is 1. The van der Waals surface area contributed by atoms with E-state index in [1.54, 1.807) is 18.2 Å². The quantitative estimate of drug-likeness (QED) is 0.759. The fourth-order valence-electron chi connectivity index (χ4n) is 3.32. The van der Waals surface area contributed by atoms with Gasteiger partial charge in [-0.3, -0.25) is 4.79 Å².